The molecule has 0 aliphatic carbocycles. The van der Waals surface area contributed by atoms with Gasteiger partial charge in [0.15, 0.2) is 6.10 Å². The lowest BCUT2D eigenvalue weighted by Gasteiger charge is -2.19. The van der Waals surface area contributed by atoms with Crippen LogP contribution in [0.4, 0.5) is 0 Å². The molecule has 0 unspecified atom stereocenters. The van der Waals surface area contributed by atoms with Crippen molar-refractivity contribution in [2.24, 2.45) is 0 Å². The van der Waals surface area contributed by atoms with Crippen LogP contribution in [-0.2, 0) is 9.53 Å². The molecule has 0 bridgehead atoms. The molecular formula is C12H15ClO4. The molecule has 0 aromatic heterocycles. The van der Waals surface area contributed by atoms with Gasteiger partial charge < -0.3 is 14.6 Å². The highest BCUT2D eigenvalue weighted by molar-refractivity contribution is 6.30. The van der Waals surface area contributed by atoms with Crippen molar-refractivity contribution in [3.05, 3.63) is 29.3 Å². The van der Waals surface area contributed by atoms with Crippen LogP contribution in [0.3, 0.4) is 0 Å². The van der Waals surface area contributed by atoms with Crippen LogP contribution in [0.15, 0.2) is 24.3 Å². The number of benzene rings is 1. The van der Waals surface area contributed by atoms with Crippen molar-refractivity contribution in [3.63, 3.8) is 0 Å². The minimum Gasteiger partial charge on any atom is -0.487 e. The van der Waals surface area contributed by atoms with Crippen LogP contribution in [0.1, 0.15) is 13.8 Å². The molecule has 0 heterocycles. The average Bonchev–Trinajstić information content (AvgIpc) is 2.31. The van der Waals surface area contributed by atoms with Crippen LogP contribution in [0.2, 0.25) is 5.02 Å². The van der Waals surface area contributed by atoms with Crippen molar-refractivity contribution in [1.29, 1.82) is 0 Å². The smallest absolute Gasteiger partial charge is 0.338 e. The van der Waals surface area contributed by atoms with E-state index in [1.807, 2.05) is 0 Å². The summed E-state index contributed by atoms with van der Waals surface area (Å²) in [5.41, 5.74) is 0. The molecule has 0 spiro atoms. The summed E-state index contributed by atoms with van der Waals surface area (Å²) < 4.78 is 10.1. The summed E-state index contributed by atoms with van der Waals surface area (Å²) in [7, 11) is 0. The SMILES string of the molecule is CCOC(=O)[C@@H](O)[C@@H](C)Oc1ccc(Cl)cc1. The van der Waals surface area contributed by atoms with Gasteiger partial charge in [0.05, 0.1) is 6.61 Å². The first-order valence-corrected chi connectivity index (χ1v) is 5.69. The fraction of sp³-hybridized carbons (Fsp3) is 0.417. The average molecular weight is 259 g/mol. The number of aliphatic hydroxyl groups is 1. The summed E-state index contributed by atoms with van der Waals surface area (Å²) in [6.45, 7) is 3.50. The quantitative estimate of drug-likeness (QED) is 0.821. The Bertz CT molecular complexity index is 363. The molecule has 2 atom stereocenters. The molecule has 0 radical (unpaired) electrons. The lowest BCUT2D eigenvalue weighted by Crippen LogP contribution is -2.37. The Morgan fingerprint density at radius 3 is 2.53 bits per heavy atom. The van der Waals surface area contributed by atoms with Crippen LogP contribution in [-0.4, -0.2) is 29.9 Å². The molecule has 0 saturated heterocycles. The van der Waals surface area contributed by atoms with Gasteiger partial charge in [-0.05, 0) is 38.1 Å². The number of ether oxygens (including phenoxy) is 2. The molecule has 1 rings (SSSR count). The lowest BCUT2D eigenvalue weighted by atomic mass is 10.2. The number of esters is 1. The lowest BCUT2D eigenvalue weighted by molar-refractivity contribution is -0.157. The Balaban J connectivity index is 2.56. The first-order valence-electron chi connectivity index (χ1n) is 5.31. The number of carbonyl (C=O) groups excluding carboxylic acids is 1. The highest BCUT2D eigenvalue weighted by Gasteiger charge is 2.25. The van der Waals surface area contributed by atoms with Gasteiger partial charge in [0.25, 0.3) is 0 Å². The Labute approximate surface area is 105 Å². The number of rotatable bonds is 5. The summed E-state index contributed by atoms with van der Waals surface area (Å²) in [5.74, 6) is -0.154. The van der Waals surface area contributed by atoms with E-state index < -0.39 is 18.2 Å². The molecule has 5 heteroatoms. The zero-order valence-electron chi connectivity index (χ0n) is 9.72. The highest BCUT2D eigenvalue weighted by atomic mass is 35.5. The van der Waals surface area contributed by atoms with E-state index in [-0.39, 0.29) is 6.61 Å². The predicted molar refractivity (Wildman–Crippen MR) is 64.2 cm³/mol. The monoisotopic (exact) mass is 258 g/mol. The number of hydrogen-bond acceptors (Lipinski definition) is 4. The van der Waals surface area contributed by atoms with Crippen LogP contribution < -0.4 is 4.74 Å². The zero-order valence-corrected chi connectivity index (χ0v) is 10.5. The minimum absolute atomic E-state index is 0.226. The summed E-state index contributed by atoms with van der Waals surface area (Å²) in [6, 6.07) is 6.66. The van der Waals surface area contributed by atoms with E-state index in [1.165, 1.54) is 0 Å². The van der Waals surface area contributed by atoms with Gasteiger partial charge in [0, 0.05) is 5.02 Å². The maximum absolute atomic E-state index is 11.3. The summed E-state index contributed by atoms with van der Waals surface area (Å²) in [6.07, 6.45) is -1.99. The molecule has 0 fully saturated rings. The van der Waals surface area contributed by atoms with Gasteiger partial charge in [-0.3, -0.25) is 0 Å². The van der Waals surface area contributed by atoms with E-state index in [4.69, 9.17) is 21.1 Å². The second kappa shape index (κ2) is 6.47. The molecule has 0 aliphatic heterocycles. The van der Waals surface area contributed by atoms with Gasteiger partial charge in [-0.15, -0.1) is 0 Å². The fourth-order valence-corrected chi connectivity index (χ4v) is 1.34. The van der Waals surface area contributed by atoms with Gasteiger partial charge in [0.1, 0.15) is 11.9 Å². The first kappa shape index (κ1) is 13.8. The second-order valence-corrected chi connectivity index (χ2v) is 3.91. The van der Waals surface area contributed by atoms with Gasteiger partial charge in [-0.25, -0.2) is 4.79 Å². The van der Waals surface area contributed by atoms with Gasteiger partial charge in [-0.1, -0.05) is 11.6 Å². The summed E-state index contributed by atoms with van der Waals surface area (Å²) >= 11 is 5.72. The van der Waals surface area contributed by atoms with Crippen molar-refractivity contribution < 1.29 is 19.4 Å². The number of halogens is 1. The highest BCUT2D eigenvalue weighted by Crippen LogP contribution is 2.17. The maximum atomic E-state index is 11.3. The number of hydrogen-bond donors (Lipinski definition) is 1. The van der Waals surface area contributed by atoms with E-state index in [9.17, 15) is 9.90 Å². The largest absolute Gasteiger partial charge is 0.487 e. The third kappa shape index (κ3) is 4.24. The Hall–Kier alpha value is -1.26. The molecule has 0 amide bonds. The Morgan fingerprint density at radius 1 is 1.41 bits per heavy atom. The van der Waals surface area contributed by atoms with Crippen LogP contribution in [0.5, 0.6) is 5.75 Å². The third-order valence-corrected chi connectivity index (χ3v) is 2.36. The molecule has 0 saturated carbocycles. The Morgan fingerprint density at radius 2 is 2.00 bits per heavy atom. The third-order valence-electron chi connectivity index (χ3n) is 2.11. The van der Waals surface area contributed by atoms with Gasteiger partial charge >= 0.3 is 5.97 Å². The van der Waals surface area contributed by atoms with E-state index in [0.29, 0.717) is 10.8 Å². The first-order chi connectivity index (χ1) is 8.04. The molecule has 1 aromatic carbocycles. The minimum atomic E-state index is -1.30. The fourth-order valence-electron chi connectivity index (χ4n) is 1.21. The second-order valence-electron chi connectivity index (χ2n) is 3.47. The summed E-state index contributed by atoms with van der Waals surface area (Å²) in [4.78, 5) is 11.3. The van der Waals surface area contributed by atoms with Crippen molar-refractivity contribution >= 4 is 17.6 Å². The molecule has 1 aromatic rings. The number of carbonyl (C=O) groups is 1. The van der Waals surface area contributed by atoms with E-state index in [2.05, 4.69) is 0 Å². The predicted octanol–water partition coefficient (Wildman–Crippen LogP) is 2.03. The van der Waals surface area contributed by atoms with Gasteiger partial charge in [0.2, 0.25) is 0 Å². The van der Waals surface area contributed by atoms with E-state index >= 15 is 0 Å². The molecule has 0 aliphatic rings. The van der Waals surface area contributed by atoms with Crippen LogP contribution >= 0.6 is 11.6 Å². The standard InChI is InChI=1S/C12H15ClO4/c1-3-16-12(15)11(14)8(2)17-10-6-4-9(13)5-7-10/h4-8,11,14H,3H2,1-2H3/t8-,11+/m1/s1. The van der Waals surface area contributed by atoms with Crippen molar-refractivity contribution in [3.8, 4) is 5.75 Å². The number of aliphatic hydroxyl groups excluding tert-OH is 1. The normalized spacial score (nSPS) is 13.9. The van der Waals surface area contributed by atoms with Crippen LogP contribution in [0, 0.1) is 0 Å². The molecule has 17 heavy (non-hydrogen) atoms. The Kier molecular flexibility index (Phi) is 5.25. The van der Waals surface area contributed by atoms with Crippen molar-refractivity contribution in [2.45, 2.75) is 26.1 Å². The molecule has 1 N–H and O–H groups in total. The van der Waals surface area contributed by atoms with Gasteiger partial charge in [-0.2, -0.15) is 0 Å². The van der Waals surface area contributed by atoms with E-state index in [0.717, 1.165) is 0 Å². The van der Waals surface area contributed by atoms with Crippen molar-refractivity contribution in [1.82, 2.24) is 0 Å². The molecular weight excluding hydrogens is 244 g/mol. The summed E-state index contributed by atoms with van der Waals surface area (Å²) in [5, 5.41) is 10.2. The van der Waals surface area contributed by atoms with E-state index in [1.54, 1.807) is 38.1 Å². The topological polar surface area (TPSA) is 55.8 Å². The zero-order chi connectivity index (χ0) is 12.8. The van der Waals surface area contributed by atoms with Crippen molar-refractivity contribution in [2.75, 3.05) is 6.61 Å². The van der Waals surface area contributed by atoms with Crippen LogP contribution in [0.25, 0.3) is 0 Å². The molecule has 94 valence electrons. The maximum Gasteiger partial charge on any atom is 0.338 e. The molecule has 4 nitrogen and oxygen atoms in total.